The van der Waals surface area contributed by atoms with Crippen molar-refractivity contribution < 1.29 is 9.53 Å². The number of rotatable bonds is 2. The van der Waals surface area contributed by atoms with Gasteiger partial charge in [0.2, 0.25) is 0 Å². The molecule has 4 nitrogen and oxygen atoms in total. The van der Waals surface area contributed by atoms with E-state index in [9.17, 15) is 4.79 Å². The van der Waals surface area contributed by atoms with E-state index < -0.39 is 0 Å². The van der Waals surface area contributed by atoms with Crippen LogP contribution in [0.4, 0.5) is 5.69 Å². The number of anilines is 1. The zero-order chi connectivity index (χ0) is 14.0. The van der Waals surface area contributed by atoms with Crippen molar-refractivity contribution in [3.8, 4) is 0 Å². The minimum absolute atomic E-state index is 0.0486. The molecule has 1 aromatic carbocycles. The van der Waals surface area contributed by atoms with E-state index in [1.54, 1.807) is 6.07 Å². The van der Waals surface area contributed by atoms with Gasteiger partial charge in [0, 0.05) is 23.9 Å². The summed E-state index contributed by atoms with van der Waals surface area (Å²) < 4.78 is 5.65. The third kappa shape index (κ3) is 3.47. The van der Waals surface area contributed by atoms with Crippen LogP contribution < -0.4 is 11.1 Å². The van der Waals surface area contributed by atoms with Gasteiger partial charge in [0.1, 0.15) is 0 Å². The first kappa shape index (κ1) is 13.9. The molecular formula is C15H22N2O2. The Labute approximate surface area is 114 Å². The smallest absolute Gasteiger partial charge is 0.251 e. The average molecular weight is 262 g/mol. The van der Waals surface area contributed by atoms with Crippen LogP contribution in [0.5, 0.6) is 0 Å². The van der Waals surface area contributed by atoms with Crippen molar-refractivity contribution in [2.45, 2.75) is 45.3 Å². The molecular weight excluding hydrogens is 240 g/mol. The van der Waals surface area contributed by atoms with Crippen LogP contribution in [-0.2, 0) is 4.74 Å². The molecule has 0 spiro atoms. The van der Waals surface area contributed by atoms with Crippen LogP contribution in [0.1, 0.15) is 42.6 Å². The molecule has 1 saturated heterocycles. The van der Waals surface area contributed by atoms with Crippen molar-refractivity contribution in [1.82, 2.24) is 5.32 Å². The number of nitrogens with one attached hydrogen (secondary N) is 1. The second-order valence-corrected chi connectivity index (χ2v) is 5.85. The first-order chi connectivity index (χ1) is 8.87. The highest BCUT2D eigenvalue weighted by Crippen LogP contribution is 2.24. The zero-order valence-electron chi connectivity index (χ0n) is 11.8. The zero-order valence-corrected chi connectivity index (χ0v) is 11.8. The van der Waals surface area contributed by atoms with E-state index in [1.807, 2.05) is 19.1 Å². The molecule has 1 aliphatic heterocycles. The summed E-state index contributed by atoms with van der Waals surface area (Å²) in [4.78, 5) is 12.3. The molecule has 19 heavy (non-hydrogen) atoms. The van der Waals surface area contributed by atoms with Crippen LogP contribution in [0.25, 0.3) is 0 Å². The number of amides is 1. The van der Waals surface area contributed by atoms with Gasteiger partial charge in [0.05, 0.1) is 5.60 Å². The molecule has 4 heteroatoms. The second kappa shape index (κ2) is 5.21. The molecule has 0 aliphatic carbocycles. The summed E-state index contributed by atoms with van der Waals surface area (Å²) in [6.45, 7) is 6.71. The van der Waals surface area contributed by atoms with Gasteiger partial charge in [-0.05, 0) is 51.3 Å². The summed E-state index contributed by atoms with van der Waals surface area (Å²) in [6, 6.07) is 5.58. The number of nitrogen functional groups attached to an aromatic ring is 1. The number of carbonyl (C=O) groups is 1. The van der Waals surface area contributed by atoms with Crippen molar-refractivity contribution in [3.05, 3.63) is 29.3 Å². The highest BCUT2D eigenvalue weighted by molar-refractivity contribution is 5.96. The van der Waals surface area contributed by atoms with Crippen LogP contribution in [0, 0.1) is 6.92 Å². The van der Waals surface area contributed by atoms with E-state index in [1.165, 1.54) is 0 Å². The third-order valence-corrected chi connectivity index (χ3v) is 3.54. The molecule has 1 fully saturated rings. The van der Waals surface area contributed by atoms with E-state index in [2.05, 4.69) is 19.2 Å². The summed E-state index contributed by atoms with van der Waals surface area (Å²) in [6.07, 6.45) is 1.69. The quantitative estimate of drug-likeness (QED) is 0.804. The highest BCUT2D eigenvalue weighted by Gasteiger charge is 2.29. The molecule has 0 bridgehead atoms. The summed E-state index contributed by atoms with van der Waals surface area (Å²) in [7, 11) is 0. The number of benzene rings is 1. The molecule has 2 rings (SSSR count). The molecule has 1 unspecified atom stereocenters. The molecule has 0 aromatic heterocycles. The lowest BCUT2D eigenvalue weighted by atomic mass is 9.93. The Morgan fingerprint density at radius 2 is 2.21 bits per heavy atom. The minimum Gasteiger partial charge on any atom is -0.399 e. The highest BCUT2D eigenvalue weighted by atomic mass is 16.5. The maximum Gasteiger partial charge on any atom is 0.251 e. The van der Waals surface area contributed by atoms with Gasteiger partial charge in [0.15, 0.2) is 0 Å². The maximum atomic E-state index is 12.3. The fourth-order valence-electron chi connectivity index (χ4n) is 2.50. The molecule has 0 radical (unpaired) electrons. The number of carbonyl (C=O) groups excluding carboxylic acids is 1. The molecule has 1 amide bonds. The Bertz CT molecular complexity index is 483. The maximum absolute atomic E-state index is 12.3. The van der Waals surface area contributed by atoms with Crippen LogP contribution in [0.15, 0.2) is 18.2 Å². The fraction of sp³-hybridized carbons (Fsp3) is 0.533. The van der Waals surface area contributed by atoms with Crippen LogP contribution in [0.2, 0.25) is 0 Å². The SMILES string of the molecule is Cc1ccc(N)cc1C(=O)NC1CCOC(C)(C)C1. The lowest BCUT2D eigenvalue weighted by Crippen LogP contribution is -2.45. The van der Waals surface area contributed by atoms with Crippen LogP contribution >= 0.6 is 0 Å². The van der Waals surface area contributed by atoms with E-state index >= 15 is 0 Å². The fourth-order valence-corrected chi connectivity index (χ4v) is 2.50. The van der Waals surface area contributed by atoms with Crippen molar-refractivity contribution in [2.75, 3.05) is 12.3 Å². The summed E-state index contributed by atoms with van der Waals surface area (Å²) in [5.41, 5.74) is 7.79. The van der Waals surface area contributed by atoms with E-state index in [0.29, 0.717) is 17.9 Å². The molecule has 1 aromatic rings. The molecule has 3 N–H and O–H groups in total. The van der Waals surface area contributed by atoms with Gasteiger partial charge in [-0.3, -0.25) is 4.79 Å². The monoisotopic (exact) mass is 262 g/mol. The van der Waals surface area contributed by atoms with Gasteiger partial charge in [-0.1, -0.05) is 6.07 Å². The van der Waals surface area contributed by atoms with Crippen LogP contribution in [0.3, 0.4) is 0 Å². The number of hydrogen-bond acceptors (Lipinski definition) is 3. The van der Waals surface area contributed by atoms with E-state index in [0.717, 1.165) is 18.4 Å². The minimum atomic E-state index is -0.166. The van der Waals surface area contributed by atoms with E-state index in [-0.39, 0.29) is 17.6 Å². The van der Waals surface area contributed by atoms with Crippen molar-refractivity contribution in [2.24, 2.45) is 0 Å². The number of hydrogen-bond donors (Lipinski definition) is 2. The molecule has 1 atom stereocenters. The first-order valence-corrected chi connectivity index (χ1v) is 6.68. The average Bonchev–Trinajstić information content (AvgIpc) is 2.31. The Kier molecular flexibility index (Phi) is 3.80. The van der Waals surface area contributed by atoms with Gasteiger partial charge in [-0.25, -0.2) is 0 Å². The summed E-state index contributed by atoms with van der Waals surface area (Å²) in [5, 5.41) is 3.08. The molecule has 104 valence electrons. The predicted molar refractivity (Wildman–Crippen MR) is 76.1 cm³/mol. The number of aryl methyl sites for hydroxylation is 1. The topological polar surface area (TPSA) is 64.4 Å². The van der Waals surface area contributed by atoms with Crippen molar-refractivity contribution in [3.63, 3.8) is 0 Å². The van der Waals surface area contributed by atoms with Gasteiger partial charge >= 0.3 is 0 Å². The Morgan fingerprint density at radius 3 is 2.89 bits per heavy atom. The third-order valence-electron chi connectivity index (χ3n) is 3.54. The van der Waals surface area contributed by atoms with Crippen molar-refractivity contribution in [1.29, 1.82) is 0 Å². The second-order valence-electron chi connectivity index (χ2n) is 5.85. The van der Waals surface area contributed by atoms with Crippen molar-refractivity contribution >= 4 is 11.6 Å². The van der Waals surface area contributed by atoms with Gasteiger partial charge in [-0.15, -0.1) is 0 Å². The summed E-state index contributed by atoms with van der Waals surface area (Å²) in [5.74, 6) is -0.0486. The Hall–Kier alpha value is -1.55. The molecule has 1 aliphatic rings. The first-order valence-electron chi connectivity index (χ1n) is 6.68. The van der Waals surface area contributed by atoms with E-state index in [4.69, 9.17) is 10.5 Å². The largest absolute Gasteiger partial charge is 0.399 e. The number of nitrogens with two attached hydrogens (primary N) is 1. The van der Waals surface area contributed by atoms with Gasteiger partial charge in [-0.2, -0.15) is 0 Å². The van der Waals surface area contributed by atoms with Gasteiger partial charge < -0.3 is 15.8 Å². The number of ether oxygens (including phenoxy) is 1. The Balaban J connectivity index is 2.06. The van der Waals surface area contributed by atoms with Crippen LogP contribution in [-0.4, -0.2) is 24.2 Å². The normalized spacial score (nSPS) is 21.9. The summed E-state index contributed by atoms with van der Waals surface area (Å²) >= 11 is 0. The lowest BCUT2D eigenvalue weighted by molar-refractivity contribution is -0.0615. The molecule has 1 heterocycles. The standard InChI is InChI=1S/C15H22N2O2/c1-10-4-5-11(16)8-13(10)14(18)17-12-6-7-19-15(2,3)9-12/h4-5,8,12H,6-7,9,16H2,1-3H3,(H,17,18). The van der Waals surface area contributed by atoms with Gasteiger partial charge in [0.25, 0.3) is 5.91 Å². The molecule has 0 saturated carbocycles. The predicted octanol–water partition coefficient (Wildman–Crippen LogP) is 2.26. The Morgan fingerprint density at radius 1 is 1.47 bits per heavy atom. The lowest BCUT2D eigenvalue weighted by Gasteiger charge is -2.35.